The molecule has 128 valence electrons. The van der Waals surface area contributed by atoms with Crippen LogP contribution in [0.3, 0.4) is 0 Å². The lowest BCUT2D eigenvalue weighted by molar-refractivity contribution is 0.118. The van der Waals surface area contributed by atoms with Crippen LogP contribution in [0.25, 0.3) is 11.3 Å². The molecule has 0 aliphatic carbocycles. The number of rotatable bonds is 5. The van der Waals surface area contributed by atoms with Gasteiger partial charge in [-0.2, -0.15) is 5.10 Å². The number of nitrogens with one attached hydrogen (secondary N) is 2. The van der Waals surface area contributed by atoms with Gasteiger partial charge in [-0.15, -0.1) is 0 Å². The first-order valence-electron chi connectivity index (χ1n) is 7.96. The molecule has 1 aromatic heterocycles. The molecule has 3 rings (SSSR count). The van der Waals surface area contributed by atoms with Crippen LogP contribution in [0.4, 0.5) is 5.82 Å². The number of hydrogen-bond acceptors (Lipinski definition) is 5. The Kier molecular flexibility index (Phi) is 5.77. The molecule has 1 aliphatic rings. The maximum atomic E-state index is 5.61. The molecule has 0 spiro atoms. The minimum atomic E-state index is 0.247. The lowest BCUT2D eigenvalue weighted by Gasteiger charge is -2.08. The predicted octanol–water partition coefficient (Wildman–Crippen LogP) is 3.40. The zero-order valence-corrected chi connectivity index (χ0v) is 14.7. The number of hydrogen-bond donors (Lipinski definition) is 2. The van der Waals surface area contributed by atoms with Crippen molar-refractivity contribution < 1.29 is 9.47 Å². The number of H-pyrrole nitrogens is 1. The molecule has 1 saturated heterocycles. The summed E-state index contributed by atoms with van der Waals surface area (Å²) in [6, 6.07) is 9.80. The molecule has 0 saturated carbocycles. The smallest absolute Gasteiger partial charge is 0.162 e. The van der Waals surface area contributed by atoms with E-state index < -0.39 is 0 Å². The Hall–Kier alpha value is -1.99. The number of amidine groups is 1. The van der Waals surface area contributed by atoms with Gasteiger partial charge in [-0.1, -0.05) is 23.9 Å². The summed E-state index contributed by atoms with van der Waals surface area (Å²) >= 11 is 1.57. The van der Waals surface area contributed by atoms with Crippen molar-refractivity contribution in [1.82, 2.24) is 10.2 Å². The summed E-state index contributed by atoms with van der Waals surface area (Å²) in [4.78, 5) is 4.60. The number of methoxy groups -OCH3 is 1. The van der Waals surface area contributed by atoms with Crippen molar-refractivity contribution >= 4 is 22.7 Å². The molecule has 1 fully saturated rings. The molecule has 0 radical (unpaired) electrons. The minimum absolute atomic E-state index is 0.247. The second-order valence-corrected chi connectivity index (χ2v) is 6.27. The third-order valence-electron chi connectivity index (χ3n) is 3.87. The summed E-state index contributed by atoms with van der Waals surface area (Å²) in [7, 11) is 1.66. The number of ether oxygens (including phenoxy) is 2. The van der Waals surface area contributed by atoms with Gasteiger partial charge in [0, 0.05) is 18.2 Å². The molecule has 2 N–H and O–H groups in total. The molecule has 1 aliphatic heterocycles. The van der Waals surface area contributed by atoms with E-state index in [1.807, 2.05) is 36.6 Å². The molecule has 2 aromatic rings. The van der Waals surface area contributed by atoms with E-state index in [1.54, 1.807) is 18.9 Å². The monoisotopic (exact) mass is 346 g/mol. The summed E-state index contributed by atoms with van der Waals surface area (Å²) < 4.78 is 11.0. The van der Waals surface area contributed by atoms with E-state index in [-0.39, 0.29) is 6.10 Å². The van der Waals surface area contributed by atoms with Gasteiger partial charge in [0.1, 0.15) is 5.75 Å². The lowest BCUT2D eigenvalue weighted by atomic mass is 10.1. The average molecular weight is 346 g/mol. The van der Waals surface area contributed by atoms with E-state index in [2.05, 4.69) is 20.5 Å². The normalized spacial score (nSPS) is 17.9. The van der Waals surface area contributed by atoms with Crippen LogP contribution >= 0.6 is 11.8 Å². The molecule has 24 heavy (non-hydrogen) atoms. The summed E-state index contributed by atoms with van der Waals surface area (Å²) in [6.07, 6.45) is 4.46. The zero-order chi connectivity index (χ0) is 16.8. The van der Waals surface area contributed by atoms with Crippen molar-refractivity contribution in [3.8, 4) is 17.0 Å². The Bertz CT molecular complexity index is 695. The summed E-state index contributed by atoms with van der Waals surface area (Å²) in [5.74, 6) is 1.54. The van der Waals surface area contributed by atoms with Crippen LogP contribution in [-0.4, -0.2) is 48.0 Å². The van der Waals surface area contributed by atoms with Crippen molar-refractivity contribution in [2.24, 2.45) is 4.99 Å². The third kappa shape index (κ3) is 4.10. The first-order valence-corrected chi connectivity index (χ1v) is 9.18. The maximum absolute atomic E-state index is 5.61. The Morgan fingerprint density at radius 3 is 3.12 bits per heavy atom. The quantitative estimate of drug-likeness (QED) is 0.641. The van der Waals surface area contributed by atoms with Crippen molar-refractivity contribution in [3.63, 3.8) is 0 Å². The molecular formula is C17H22N4O2S. The molecule has 1 atom stereocenters. The van der Waals surface area contributed by atoms with E-state index in [1.165, 1.54) is 0 Å². The molecule has 0 unspecified atom stereocenters. The van der Waals surface area contributed by atoms with Crippen LogP contribution in [0.15, 0.2) is 35.3 Å². The van der Waals surface area contributed by atoms with E-state index >= 15 is 0 Å². The van der Waals surface area contributed by atoms with Gasteiger partial charge >= 0.3 is 0 Å². The summed E-state index contributed by atoms with van der Waals surface area (Å²) in [6.45, 7) is 1.54. The molecule has 7 heteroatoms. The highest BCUT2D eigenvalue weighted by Crippen LogP contribution is 2.29. The number of aromatic nitrogens is 2. The molecule has 0 amide bonds. The Balaban J connectivity index is 1.69. The van der Waals surface area contributed by atoms with Gasteiger partial charge in [0.05, 0.1) is 25.5 Å². The molecule has 2 heterocycles. The maximum Gasteiger partial charge on any atom is 0.162 e. The van der Waals surface area contributed by atoms with Gasteiger partial charge in [-0.3, -0.25) is 10.1 Å². The molecule has 1 aromatic carbocycles. The largest absolute Gasteiger partial charge is 0.496 e. The fraction of sp³-hybridized carbons (Fsp3) is 0.412. The second-order valence-electron chi connectivity index (χ2n) is 5.48. The first kappa shape index (κ1) is 16.9. The number of anilines is 1. The van der Waals surface area contributed by atoms with Gasteiger partial charge in [0.25, 0.3) is 0 Å². The number of benzene rings is 1. The van der Waals surface area contributed by atoms with E-state index in [4.69, 9.17) is 9.47 Å². The number of nitrogens with zero attached hydrogens (tertiary/aromatic N) is 2. The Morgan fingerprint density at radius 1 is 1.50 bits per heavy atom. The van der Waals surface area contributed by atoms with Crippen LogP contribution < -0.4 is 10.1 Å². The fourth-order valence-electron chi connectivity index (χ4n) is 2.63. The van der Waals surface area contributed by atoms with Gasteiger partial charge in [-0.05, 0) is 31.2 Å². The lowest BCUT2D eigenvalue weighted by Crippen LogP contribution is -2.14. The van der Waals surface area contributed by atoms with Crippen LogP contribution in [0, 0.1) is 0 Å². The summed E-state index contributed by atoms with van der Waals surface area (Å²) in [5, 5.41) is 11.5. The van der Waals surface area contributed by atoms with E-state index in [0.29, 0.717) is 6.54 Å². The predicted molar refractivity (Wildman–Crippen MR) is 99.0 cm³/mol. The Morgan fingerprint density at radius 2 is 2.38 bits per heavy atom. The van der Waals surface area contributed by atoms with Gasteiger partial charge < -0.3 is 14.8 Å². The van der Waals surface area contributed by atoms with Crippen molar-refractivity contribution in [3.05, 3.63) is 30.3 Å². The van der Waals surface area contributed by atoms with E-state index in [0.717, 1.165) is 47.4 Å². The third-order valence-corrected chi connectivity index (χ3v) is 4.48. The highest BCUT2D eigenvalue weighted by atomic mass is 32.2. The number of aliphatic imine (C=N–C) groups is 1. The summed E-state index contributed by atoms with van der Waals surface area (Å²) in [5.41, 5.74) is 1.87. The van der Waals surface area contributed by atoms with Crippen LogP contribution in [0.2, 0.25) is 0 Å². The van der Waals surface area contributed by atoms with Crippen molar-refractivity contribution in [2.45, 2.75) is 18.9 Å². The molecule has 6 nitrogen and oxygen atoms in total. The van der Waals surface area contributed by atoms with E-state index in [9.17, 15) is 0 Å². The van der Waals surface area contributed by atoms with Crippen LogP contribution in [0.1, 0.15) is 12.8 Å². The first-order chi connectivity index (χ1) is 11.8. The Labute approximate surface area is 146 Å². The molecular weight excluding hydrogens is 324 g/mol. The number of thioether (sulfide) groups is 1. The number of aromatic amines is 1. The highest BCUT2D eigenvalue weighted by Gasteiger charge is 2.15. The second kappa shape index (κ2) is 8.21. The minimum Gasteiger partial charge on any atom is -0.496 e. The SMILES string of the molecule is COc1ccccc1-c1cc(NC(=NC[C@@H]2CCCO2)SC)n[nH]1. The molecule has 0 bridgehead atoms. The fourth-order valence-corrected chi connectivity index (χ4v) is 3.04. The van der Waals surface area contributed by atoms with Crippen LogP contribution in [0.5, 0.6) is 5.75 Å². The van der Waals surface area contributed by atoms with Crippen LogP contribution in [-0.2, 0) is 4.74 Å². The average Bonchev–Trinajstić information content (AvgIpc) is 3.30. The van der Waals surface area contributed by atoms with Gasteiger partial charge in [0.2, 0.25) is 0 Å². The highest BCUT2D eigenvalue weighted by molar-refractivity contribution is 8.13. The van der Waals surface area contributed by atoms with Crippen molar-refractivity contribution in [2.75, 3.05) is 31.8 Å². The van der Waals surface area contributed by atoms with Gasteiger partial charge in [0.15, 0.2) is 11.0 Å². The topological polar surface area (TPSA) is 71.5 Å². The zero-order valence-electron chi connectivity index (χ0n) is 13.9. The van der Waals surface area contributed by atoms with Gasteiger partial charge in [-0.25, -0.2) is 0 Å². The van der Waals surface area contributed by atoms with Crippen molar-refractivity contribution in [1.29, 1.82) is 0 Å². The number of para-hydroxylation sites is 1. The standard InChI is InChI=1S/C17H22N4O2S/c1-22-15-8-4-3-7-13(15)14-10-16(21-20-14)19-17(24-2)18-11-12-6-5-9-23-12/h3-4,7-8,10,12H,5-6,9,11H2,1-2H3,(H2,18,19,20,21)/t12-/m0/s1.